The van der Waals surface area contributed by atoms with Gasteiger partial charge in [0.05, 0.1) is 6.61 Å². The molecule has 1 fully saturated rings. The average Bonchev–Trinajstić information content (AvgIpc) is 2.72. The van der Waals surface area contributed by atoms with Gasteiger partial charge >= 0.3 is 11.9 Å². The number of nitrogens with two attached hydrogens (primary N) is 1. The van der Waals surface area contributed by atoms with Crippen molar-refractivity contribution in [1.29, 1.82) is 0 Å². The summed E-state index contributed by atoms with van der Waals surface area (Å²) in [4.78, 5) is 17.3. The molecule has 1 aliphatic heterocycles. The minimum Gasteiger partial charge on any atom is -0.393 e. The van der Waals surface area contributed by atoms with Crippen LogP contribution in [0.2, 0.25) is 0 Å². The van der Waals surface area contributed by atoms with Crippen LogP contribution in [0.5, 0.6) is 0 Å². The molecule has 0 aliphatic carbocycles. The summed E-state index contributed by atoms with van der Waals surface area (Å²) in [5.74, 6) is -2.86. The van der Waals surface area contributed by atoms with Gasteiger partial charge in [-0.2, -0.15) is 18.2 Å². The van der Waals surface area contributed by atoms with E-state index in [2.05, 4.69) is 15.0 Å². The van der Waals surface area contributed by atoms with Crippen molar-refractivity contribution in [2.75, 3.05) is 12.3 Å². The van der Waals surface area contributed by atoms with E-state index in [1.807, 2.05) is 0 Å². The summed E-state index contributed by atoms with van der Waals surface area (Å²) >= 11 is 0. The van der Waals surface area contributed by atoms with Crippen molar-refractivity contribution < 1.29 is 28.1 Å². The first-order valence-electron chi connectivity index (χ1n) is 6.10. The number of nitrogens with zero attached hydrogens (tertiary/aromatic N) is 5. The van der Waals surface area contributed by atoms with E-state index in [-0.39, 0.29) is 5.82 Å². The number of aromatic nitrogens is 2. The van der Waals surface area contributed by atoms with Crippen molar-refractivity contribution in [3.63, 3.8) is 0 Å². The maximum atomic E-state index is 13.3. The van der Waals surface area contributed by atoms with Crippen LogP contribution in [0.15, 0.2) is 22.2 Å². The third kappa shape index (κ3) is 2.82. The van der Waals surface area contributed by atoms with Crippen molar-refractivity contribution in [2.45, 2.75) is 24.2 Å². The highest BCUT2D eigenvalue weighted by atomic mass is 19.4. The molecule has 1 unspecified atom stereocenters. The number of hydrogen-bond donors (Lipinski definition) is 3. The van der Waals surface area contributed by atoms with Crippen molar-refractivity contribution in [3.05, 3.63) is 33.2 Å². The molecular formula is C10H11F3N6O4. The largest absolute Gasteiger partial charge is 0.398 e. The number of anilines is 1. The van der Waals surface area contributed by atoms with Crippen LogP contribution in [-0.2, 0) is 4.74 Å². The Morgan fingerprint density at radius 1 is 1.61 bits per heavy atom. The SMILES string of the molecule is [N-]=[N+]=NC1(CO)O[C@@H](n2ccc(N)nc2=O)[C@@H](C(F)(F)F)[C@@H]1O. The molecule has 0 aromatic carbocycles. The Hall–Kier alpha value is -2.34. The number of hydrogen-bond acceptors (Lipinski definition) is 7. The van der Waals surface area contributed by atoms with E-state index < -0.39 is 42.4 Å². The summed E-state index contributed by atoms with van der Waals surface area (Å²) in [5.41, 5.74) is 9.97. The molecule has 4 atom stereocenters. The van der Waals surface area contributed by atoms with E-state index in [1.165, 1.54) is 0 Å². The molecule has 0 bridgehead atoms. The second kappa shape index (κ2) is 5.70. The van der Waals surface area contributed by atoms with Crippen LogP contribution < -0.4 is 11.4 Å². The summed E-state index contributed by atoms with van der Waals surface area (Å²) in [6, 6.07) is 1.05. The maximum Gasteiger partial charge on any atom is 0.398 e. The molecular weight excluding hydrogens is 325 g/mol. The van der Waals surface area contributed by atoms with Gasteiger partial charge in [0.2, 0.25) is 0 Å². The van der Waals surface area contributed by atoms with E-state index >= 15 is 0 Å². The Balaban J connectivity index is 2.60. The van der Waals surface area contributed by atoms with E-state index in [1.54, 1.807) is 0 Å². The van der Waals surface area contributed by atoms with E-state index in [4.69, 9.17) is 16.0 Å². The first kappa shape index (κ1) is 17.0. The number of alkyl halides is 3. The van der Waals surface area contributed by atoms with Gasteiger partial charge in [-0.3, -0.25) is 4.57 Å². The van der Waals surface area contributed by atoms with Crippen molar-refractivity contribution in [1.82, 2.24) is 9.55 Å². The number of ether oxygens (including phenoxy) is 1. The summed E-state index contributed by atoms with van der Waals surface area (Å²) in [7, 11) is 0. The van der Waals surface area contributed by atoms with Crippen LogP contribution in [0.4, 0.5) is 19.0 Å². The van der Waals surface area contributed by atoms with Crippen molar-refractivity contribution in [2.24, 2.45) is 11.0 Å². The number of rotatable bonds is 3. The lowest BCUT2D eigenvalue weighted by atomic mass is 9.95. The summed E-state index contributed by atoms with van der Waals surface area (Å²) in [6.07, 6.45) is -8.65. The summed E-state index contributed by atoms with van der Waals surface area (Å²) in [6.45, 7) is -1.22. The third-order valence-corrected chi connectivity index (χ3v) is 3.38. The molecule has 1 aromatic heterocycles. The number of azide groups is 1. The highest BCUT2D eigenvalue weighted by Gasteiger charge is 2.64. The predicted octanol–water partition coefficient (Wildman–Crippen LogP) is -0.107. The summed E-state index contributed by atoms with van der Waals surface area (Å²) < 4.78 is 45.2. The second-order valence-electron chi connectivity index (χ2n) is 4.76. The van der Waals surface area contributed by atoms with E-state index in [0.717, 1.165) is 12.3 Å². The Morgan fingerprint density at radius 2 is 2.26 bits per heavy atom. The lowest BCUT2D eigenvalue weighted by Crippen LogP contribution is -2.46. The molecule has 2 heterocycles. The van der Waals surface area contributed by atoms with E-state index in [0.29, 0.717) is 4.57 Å². The lowest BCUT2D eigenvalue weighted by Gasteiger charge is -2.25. The highest BCUT2D eigenvalue weighted by Crippen LogP contribution is 2.49. The molecule has 1 aliphatic rings. The molecule has 23 heavy (non-hydrogen) atoms. The zero-order valence-electron chi connectivity index (χ0n) is 11.3. The Bertz CT molecular complexity index is 703. The Morgan fingerprint density at radius 3 is 2.74 bits per heavy atom. The van der Waals surface area contributed by atoms with Gasteiger partial charge in [0, 0.05) is 11.1 Å². The van der Waals surface area contributed by atoms with Gasteiger partial charge in [-0.05, 0) is 11.6 Å². The normalized spacial score (nSPS) is 30.9. The molecule has 1 aromatic rings. The number of nitrogen functional groups attached to an aromatic ring is 1. The number of aliphatic hydroxyl groups excluding tert-OH is 2. The van der Waals surface area contributed by atoms with Crippen LogP contribution in [0.3, 0.4) is 0 Å². The fourth-order valence-electron chi connectivity index (χ4n) is 2.30. The van der Waals surface area contributed by atoms with Crippen LogP contribution in [0, 0.1) is 5.92 Å². The predicted molar refractivity (Wildman–Crippen MR) is 67.5 cm³/mol. The monoisotopic (exact) mass is 336 g/mol. The minimum atomic E-state index is -5.02. The van der Waals surface area contributed by atoms with Gasteiger partial charge in [0.1, 0.15) is 17.8 Å². The molecule has 0 amide bonds. The molecule has 0 radical (unpaired) electrons. The zero-order chi connectivity index (χ0) is 17.4. The molecule has 1 saturated heterocycles. The molecule has 0 saturated carbocycles. The topological polar surface area (TPSA) is 159 Å². The zero-order valence-corrected chi connectivity index (χ0v) is 11.3. The van der Waals surface area contributed by atoms with E-state index in [9.17, 15) is 28.2 Å². The lowest BCUT2D eigenvalue weighted by molar-refractivity contribution is -0.211. The van der Waals surface area contributed by atoms with Crippen LogP contribution >= 0.6 is 0 Å². The van der Waals surface area contributed by atoms with Crippen LogP contribution in [0.1, 0.15) is 6.23 Å². The first-order chi connectivity index (χ1) is 10.7. The first-order valence-corrected chi connectivity index (χ1v) is 6.10. The standard InChI is InChI=1S/C10H11F3N6O4/c11-10(12,13)5-6(21)9(3-20,17-18-15)23-7(5)19-2-1-4(14)16-8(19)22/h1-2,5-7,20-21H,3H2,(H2,14,16,22)/t5-,6-,7+,9?/m0/s1. The molecule has 10 nitrogen and oxygen atoms in total. The quantitative estimate of drug-likeness (QED) is 0.397. The molecule has 4 N–H and O–H groups in total. The van der Waals surface area contributed by atoms with Crippen LogP contribution in [0.25, 0.3) is 10.4 Å². The van der Waals surface area contributed by atoms with Gasteiger partial charge in [-0.1, -0.05) is 5.11 Å². The van der Waals surface area contributed by atoms with Crippen LogP contribution in [-0.4, -0.2) is 44.4 Å². The third-order valence-electron chi connectivity index (χ3n) is 3.38. The van der Waals surface area contributed by atoms with Crippen molar-refractivity contribution >= 4 is 5.82 Å². The number of halogens is 3. The van der Waals surface area contributed by atoms with Gasteiger partial charge < -0.3 is 20.7 Å². The highest BCUT2D eigenvalue weighted by molar-refractivity contribution is 5.23. The van der Waals surface area contributed by atoms with Gasteiger partial charge in [-0.15, -0.1) is 0 Å². The second-order valence-corrected chi connectivity index (χ2v) is 4.76. The smallest absolute Gasteiger partial charge is 0.393 e. The minimum absolute atomic E-state index is 0.225. The maximum absolute atomic E-state index is 13.3. The molecule has 2 rings (SSSR count). The molecule has 13 heteroatoms. The molecule has 0 spiro atoms. The Labute approximate surface area is 125 Å². The van der Waals surface area contributed by atoms with Gasteiger partial charge in [-0.25, -0.2) is 4.79 Å². The van der Waals surface area contributed by atoms with Gasteiger partial charge in [0.15, 0.2) is 12.0 Å². The van der Waals surface area contributed by atoms with Crippen molar-refractivity contribution in [3.8, 4) is 0 Å². The fraction of sp³-hybridized carbons (Fsp3) is 0.600. The Kier molecular flexibility index (Phi) is 4.22. The number of aliphatic hydroxyl groups is 2. The molecule has 126 valence electrons. The average molecular weight is 336 g/mol. The fourth-order valence-corrected chi connectivity index (χ4v) is 2.30. The van der Waals surface area contributed by atoms with Gasteiger partial charge in [0.25, 0.3) is 0 Å². The summed E-state index contributed by atoms with van der Waals surface area (Å²) in [5, 5.41) is 22.1.